The lowest BCUT2D eigenvalue weighted by molar-refractivity contribution is -0.154. The first-order chi connectivity index (χ1) is 27.3. The minimum absolute atomic E-state index is 0.0462. The summed E-state index contributed by atoms with van der Waals surface area (Å²) in [5, 5.41) is 18.4. The van der Waals surface area contributed by atoms with E-state index in [2.05, 4.69) is 62.5 Å². The minimum atomic E-state index is -4.52. The van der Waals surface area contributed by atoms with Crippen LogP contribution >= 0.6 is 7.82 Å². The number of phosphoric ester groups is 1. The molecular formula is C46H85O9P. The predicted octanol–water partition coefficient (Wildman–Crippen LogP) is 12.6. The number of aliphatic hydroxyl groups excluding tert-OH is 2. The van der Waals surface area contributed by atoms with Gasteiger partial charge in [0.25, 0.3) is 0 Å². The number of carbonyl (C=O) groups excluding carboxylic acids is 1. The highest BCUT2D eigenvalue weighted by molar-refractivity contribution is 7.47. The first-order valence-corrected chi connectivity index (χ1v) is 24.1. The van der Waals surface area contributed by atoms with Crippen LogP contribution in [-0.2, 0) is 27.9 Å². The van der Waals surface area contributed by atoms with Crippen LogP contribution in [-0.4, -0.2) is 66.3 Å². The van der Waals surface area contributed by atoms with E-state index in [4.69, 9.17) is 23.6 Å². The molecule has 3 N–H and O–H groups in total. The molecule has 0 aromatic heterocycles. The van der Waals surface area contributed by atoms with E-state index in [1.165, 1.54) is 103 Å². The van der Waals surface area contributed by atoms with E-state index >= 15 is 0 Å². The molecule has 0 aromatic carbocycles. The molecule has 56 heavy (non-hydrogen) atoms. The lowest BCUT2D eigenvalue weighted by Crippen LogP contribution is -2.29. The molecule has 0 aliphatic heterocycles. The molecule has 0 radical (unpaired) electrons. The van der Waals surface area contributed by atoms with Gasteiger partial charge in [-0.15, -0.1) is 0 Å². The maximum Gasteiger partial charge on any atom is 0.472 e. The first kappa shape index (κ1) is 54.4. The summed E-state index contributed by atoms with van der Waals surface area (Å²) in [6.07, 6.45) is 47.8. The Morgan fingerprint density at radius 1 is 0.571 bits per heavy atom. The number of phosphoric acid groups is 1. The Hall–Kier alpha value is -1.58. The summed E-state index contributed by atoms with van der Waals surface area (Å²) in [5.41, 5.74) is 0. The van der Waals surface area contributed by atoms with Gasteiger partial charge in [-0.2, -0.15) is 0 Å². The van der Waals surface area contributed by atoms with Crippen molar-refractivity contribution >= 4 is 13.8 Å². The number of aliphatic hydroxyl groups is 2. The number of hydrogen-bond donors (Lipinski definition) is 3. The fourth-order valence-electron chi connectivity index (χ4n) is 6.11. The lowest BCUT2D eigenvalue weighted by atomic mass is 10.0. The number of carbonyl (C=O) groups is 1. The molecule has 9 nitrogen and oxygen atoms in total. The Kier molecular flexibility index (Phi) is 41.8. The Balaban J connectivity index is 4.11. The average Bonchev–Trinajstić information content (AvgIpc) is 3.19. The zero-order valence-corrected chi connectivity index (χ0v) is 36.7. The van der Waals surface area contributed by atoms with Crippen molar-refractivity contribution in [2.75, 3.05) is 33.0 Å². The topological polar surface area (TPSA) is 132 Å². The van der Waals surface area contributed by atoms with Gasteiger partial charge < -0.3 is 24.6 Å². The molecule has 0 aromatic rings. The summed E-state index contributed by atoms with van der Waals surface area (Å²) < 4.78 is 33.4. The number of allylic oxidation sites excluding steroid dienone is 8. The summed E-state index contributed by atoms with van der Waals surface area (Å²) in [6, 6.07) is 0. The van der Waals surface area contributed by atoms with Gasteiger partial charge in [0.15, 0.2) is 0 Å². The van der Waals surface area contributed by atoms with Crippen LogP contribution < -0.4 is 0 Å². The number of esters is 1. The Morgan fingerprint density at radius 2 is 1.02 bits per heavy atom. The number of unbranched alkanes of at least 4 members (excludes halogenated alkanes) is 21. The van der Waals surface area contributed by atoms with E-state index in [0.717, 1.165) is 70.6 Å². The highest BCUT2D eigenvalue weighted by atomic mass is 31.2. The van der Waals surface area contributed by atoms with E-state index in [-0.39, 0.29) is 25.6 Å². The van der Waals surface area contributed by atoms with Crippen LogP contribution in [0.25, 0.3) is 0 Å². The molecule has 0 saturated heterocycles. The second-order valence-electron chi connectivity index (χ2n) is 15.0. The predicted molar refractivity (Wildman–Crippen MR) is 233 cm³/mol. The fraction of sp³-hybridized carbons (Fsp3) is 0.804. The van der Waals surface area contributed by atoms with Crippen molar-refractivity contribution in [3.63, 3.8) is 0 Å². The van der Waals surface area contributed by atoms with E-state index in [0.29, 0.717) is 6.61 Å². The second kappa shape index (κ2) is 43.0. The third-order valence-corrected chi connectivity index (χ3v) is 10.5. The summed E-state index contributed by atoms with van der Waals surface area (Å²) in [5.74, 6) is -0.385. The zero-order valence-electron chi connectivity index (χ0n) is 35.8. The molecule has 0 aliphatic rings. The van der Waals surface area contributed by atoms with Crippen molar-refractivity contribution in [2.45, 2.75) is 206 Å². The largest absolute Gasteiger partial charge is 0.472 e. The van der Waals surface area contributed by atoms with Crippen molar-refractivity contribution in [3.05, 3.63) is 48.6 Å². The molecule has 3 atom stereocenters. The summed E-state index contributed by atoms with van der Waals surface area (Å²) in [6.45, 7) is 3.40. The van der Waals surface area contributed by atoms with Crippen LogP contribution in [0.3, 0.4) is 0 Å². The number of ether oxygens (including phenoxy) is 2. The van der Waals surface area contributed by atoms with Crippen LogP contribution in [0.1, 0.15) is 194 Å². The standard InChI is InChI=1S/C46H85O9P/c1-3-5-7-9-11-13-15-17-18-19-20-21-22-23-24-25-27-29-31-33-35-37-39-52-42-45(43-54-56(50,51)53-41-44(48)40-47)55-46(49)38-36-34-32-30-28-26-16-14-12-10-8-6-4-2/h5,7,11,13,17-18,20-21,44-45,47-48H,3-4,6,8-10,12,14-16,19,22-43H2,1-2H3,(H,50,51)/b7-5-,13-11-,18-17-,21-20-. The second-order valence-corrected chi connectivity index (χ2v) is 16.5. The van der Waals surface area contributed by atoms with E-state index in [1.807, 2.05) is 0 Å². The molecule has 0 heterocycles. The van der Waals surface area contributed by atoms with Crippen molar-refractivity contribution in [3.8, 4) is 0 Å². The lowest BCUT2D eigenvalue weighted by Gasteiger charge is -2.20. The molecule has 10 heteroatoms. The third-order valence-electron chi connectivity index (χ3n) is 9.53. The molecular weight excluding hydrogens is 727 g/mol. The smallest absolute Gasteiger partial charge is 0.457 e. The highest BCUT2D eigenvalue weighted by Gasteiger charge is 2.26. The van der Waals surface area contributed by atoms with Crippen LogP contribution in [0.15, 0.2) is 48.6 Å². The maximum absolute atomic E-state index is 12.6. The van der Waals surface area contributed by atoms with Gasteiger partial charge in [0.2, 0.25) is 0 Å². The van der Waals surface area contributed by atoms with Gasteiger partial charge in [0.05, 0.1) is 26.4 Å². The van der Waals surface area contributed by atoms with Gasteiger partial charge in [0.1, 0.15) is 12.2 Å². The number of hydrogen-bond acceptors (Lipinski definition) is 8. The first-order valence-electron chi connectivity index (χ1n) is 22.6. The Bertz CT molecular complexity index is 1010. The molecule has 0 rings (SSSR count). The highest BCUT2D eigenvalue weighted by Crippen LogP contribution is 2.43. The molecule has 0 amide bonds. The molecule has 0 aliphatic carbocycles. The van der Waals surface area contributed by atoms with Crippen molar-refractivity contribution in [2.24, 2.45) is 0 Å². The quantitative estimate of drug-likeness (QED) is 0.0238. The Labute approximate surface area is 343 Å². The van der Waals surface area contributed by atoms with Gasteiger partial charge >= 0.3 is 13.8 Å². The van der Waals surface area contributed by atoms with E-state index < -0.39 is 33.2 Å². The molecule has 0 bridgehead atoms. The number of rotatable bonds is 43. The normalized spacial score (nSPS) is 14.4. The van der Waals surface area contributed by atoms with Crippen LogP contribution in [0.2, 0.25) is 0 Å². The van der Waals surface area contributed by atoms with Gasteiger partial charge in [-0.1, -0.05) is 184 Å². The third kappa shape index (κ3) is 42.0. The van der Waals surface area contributed by atoms with Crippen molar-refractivity contribution in [1.29, 1.82) is 0 Å². The van der Waals surface area contributed by atoms with Crippen molar-refractivity contribution in [1.82, 2.24) is 0 Å². The molecule has 0 fully saturated rings. The summed E-state index contributed by atoms with van der Waals surface area (Å²) in [4.78, 5) is 22.6. The SMILES string of the molecule is CC/C=C\C/C=C\C/C=C\C/C=C\CCCCCCCCCCCOCC(COP(=O)(O)OCC(O)CO)OC(=O)CCCCCCCCCCCCCCC. The van der Waals surface area contributed by atoms with Crippen molar-refractivity contribution < 1.29 is 43.0 Å². The molecule has 0 saturated carbocycles. The summed E-state index contributed by atoms with van der Waals surface area (Å²) >= 11 is 0. The van der Waals surface area contributed by atoms with E-state index in [9.17, 15) is 19.4 Å². The average molecular weight is 813 g/mol. The molecule has 328 valence electrons. The van der Waals surface area contributed by atoms with Gasteiger partial charge in [-0.3, -0.25) is 13.8 Å². The minimum Gasteiger partial charge on any atom is -0.457 e. The van der Waals surface area contributed by atoms with Gasteiger partial charge in [-0.25, -0.2) is 4.57 Å². The van der Waals surface area contributed by atoms with Gasteiger partial charge in [0, 0.05) is 13.0 Å². The maximum atomic E-state index is 12.6. The molecule has 0 spiro atoms. The fourth-order valence-corrected chi connectivity index (χ4v) is 6.90. The van der Waals surface area contributed by atoms with E-state index in [1.54, 1.807) is 0 Å². The molecule has 3 unspecified atom stereocenters. The van der Waals surface area contributed by atoms with Crippen LogP contribution in [0, 0.1) is 0 Å². The van der Waals surface area contributed by atoms with Crippen LogP contribution in [0.4, 0.5) is 0 Å². The monoisotopic (exact) mass is 813 g/mol. The summed E-state index contributed by atoms with van der Waals surface area (Å²) in [7, 11) is -4.52. The van der Waals surface area contributed by atoms with Gasteiger partial charge in [-0.05, 0) is 51.4 Å². The Morgan fingerprint density at radius 3 is 1.54 bits per heavy atom. The zero-order chi connectivity index (χ0) is 41.1. The van der Waals surface area contributed by atoms with Crippen LogP contribution in [0.5, 0.6) is 0 Å².